The molecule has 2 N–H and O–H groups in total. The number of halogens is 1. The maximum atomic E-state index is 5.50. The summed E-state index contributed by atoms with van der Waals surface area (Å²) >= 11 is 3.41. The van der Waals surface area contributed by atoms with Gasteiger partial charge < -0.3 is 10.5 Å². The van der Waals surface area contributed by atoms with Crippen LogP contribution in [-0.2, 0) is 0 Å². The maximum absolute atomic E-state index is 5.50. The van der Waals surface area contributed by atoms with Crippen LogP contribution in [0.3, 0.4) is 0 Å². The highest BCUT2D eigenvalue weighted by Crippen LogP contribution is 2.29. The second kappa shape index (κ2) is 3.42. The molecule has 0 radical (unpaired) electrons. The van der Waals surface area contributed by atoms with Crippen molar-refractivity contribution in [3.8, 4) is 5.75 Å². The largest absolute Gasteiger partial charge is 0.494 e. The smallest absolute Gasteiger partial charge is 0.220 e. The zero-order valence-corrected chi connectivity index (χ0v) is 9.08. The Hall–Kier alpha value is -1.36. The Morgan fingerprint density at radius 2 is 2.21 bits per heavy atom. The number of rotatable bonds is 1. The van der Waals surface area contributed by atoms with Gasteiger partial charge in [0.1, 0.15) is 11.3 Å². The van der Waals surface area contributed by atoms with Gasteiger partial charge >= 0.3 is 0 Å². The van der Waals surface area contributed by atoms with E-state index in [-0.39, 0.29) is 5.95 Å². The first-order chi connectivity index (χ1) is 6.72. The summed E-state index contributed by atoms with van der Waals surface area (Å²) in [4.78, 5) is 8.04. The number of ether oxygens (including phenoxy) is 1. The van der Waals surface area contributed by atoms with Crippen LogP contribution < -0.4 is 10.5 Å². The minimum absolute atomic E-state index is 0.244. The Bertz CT molecular complexity index is 487. The molecule has 1 aromatic heterocycles. The highest BCUT2D eigenvalue weighted by molar-refractivity contribution is 9.10. The number of fused-ring (bicyclic) bond motifs is 1. The van der Waals surface area contributed by atoms with Gasteiger partial charge in [-0.3, -0.25) is 0 Å². The summed E-state index contributed by atoms with van der Waals surface area (Å²) in [6.45, 7) is 0. The maximum Gasteiger partial charge on any atom is 0.220 e. The van der Waals surface area contributed by atoms with E-state index in [1.54, 1.807) is 13.3 Å². The molecule has 0 spiro atoms. The van der Waals surface area contributed by atoms with E-state index >= 15 is 0 Å². The highest BCUT2D eigenvalue weighted by Gasteiger charge is 2.06. The SMILES string of the molecule is COc1ccc(Br)c2cnc(N)nc12. The zero-order valence-electron chi connectivity index (χ0n) is 7.49. The third kappa shape index (κ3) is 1.39. The third-order valence-corrected chi connectivity index (χ3v) is 2.59. The minimum Gasteiger partial charge on any atom is -0.494 e. The molecule has 2 rings (SSSR count). The summed E-state index contributed by atoms with van der Waals surface area (Å²) < 4.78 is 6.10. The van der Waals surface area contributed by atoms with Crippen LogP contribution in [0, 0.1) is 0 Å². The van der Waals surface area contributed by atoms with Crippen LogP contribution in [0.1, 0.15) is 0 Å². The fraction of sp³-hybridized carbons (Fsp3) is 0.111. The number of anilines is 1. The molecule has 2 aromatic rings. The molecule has 1 aromatic carbocycles. The second-order valence-corrected chi connectivity index (χ2v) is 3.59. The quantitative estimate of drug-likeness (QED) is 0.845. The van der Waals surface area contributed by atoms with Crippen LogP contribution in [0.25, 0.3) is 10.9 Å². The van der Waals surface area contributed by atoms with Crippen LogP contribution in [0.4, 0.5) is 5.95 Å². The minimum atomic E-state index is 0.244. The number of benzene rings is 1. The number of nitrogens with two attached hydrogens (primary N) is 1. The van der Waals surface area contributed by atoms with Gasteiger partial charge in [-0.1, -0.05) is 15.9 Å². The number of hydrogen-bond acceptors (Lipinski definition) is 4. The van der Waals surface area contributed by atoms with E-state index in [0.29, 0.717) is 5.75 Å². The van der Waals surface area contributed by atoms with Crippen LogP contribution in [0.2, 0.25) is 0 Å². The first-order valence-corrected chi connectivity index (χ1v) is 4.76. The summed E-state index contributed by atoms with van der Waals surface area (Å²) in [6.07, 6.45) is 1.67. The standard InChI is InChI=1S/C9H8BrN3O/c1-14-7-3-2-6(10)5-4-12-9(11)13-8(5)7/h2-4H,1H3,(H2,11,12,13). The molecule has 0 atom stereocenters. The van der Waals surface area contributed by atoms with Gasteiger partial charge in [0.05, 0.1) is 7.11 Å². The number of nitrogens with zero attached hydrogens (tertiary/aromatic N) is 2. The van der Waals surface area contributed by atoms with E-state index in [1.165, 1.54) is 0 Å². The molecule has 0 saturated heterocycles. The lowest BCUT2D eigenvalue weighted by Crippen LogP contribution is -1.96. The lowest BCUT2D eigenvalue weighted by Gasteiger charge is -2.05. The molecule has 0 aliphatic heterocycles. The summed E-state index contributed by atoms with van der Waals surface area (Å²) in [6, 6.07) is 3.72. The summed E-state index contributed by atoms with van der Waals surface area (Å²) in [5, 5.41) is 0.888. The van der Waals surface area contributed by atoms with Gasteiger partial charge in [-0.25, -0.2) is 9.97 Å². The molecule has 0 amide bonds. The molecule has 0 unspecified atom stereocenters. The molecule has 0 bridgehead atoms. The van der Waals surface area contributed by atoms with Crippen molar-refractivity contribution >= 4 is 32.8 Å². The van der Waals surface area contributed by atoms with Gasteiger partial charge in [-0.2, -0.15) is 0 Å². The van der Waals surface area contributed by atoms with Crippen LogP contribution in [-0.4, -0.2) is 17.1 Å². The Balaban J connectivity index is 2.85. The van der Waals surface area contributed by atoms with Crippen molar-refractivity contribution in [1.29, 1.82) is 0 Å². The van der Waals surface area contributed by atoms with Crippen molar-refractivity contribution in [3.63, 3.8) is 0 Å². The van der Waals surface area contributed by atoms with E-state index in [2.05, 4.69) is 25.9 Å². The fourth-order valence-corrected chi connectivity index (χ4v) is 1.66. The molecule has 0 fully saturated rings. The van der Waals surface area contributed by atoms with Crippen molar-refractivity contribution in [3.05, 3.63) is 22.8 Å². The normalized spacial score (nSPS) is 10.4. The fourth-order valence-electron chi connectivity index (χ4n) is 1.24. The predicted molar refractivity (Wildman–Crippen MR) is 58.2 cm³/mol. The summed E-state index contributed by atoms with van der Waals surface area (Å²) in [5.74, 6) is 0.936. The first-order valence-electron chi connectivity index (χ1n) is 3.97. The number of aromatic nitrogens is 2. The van der Waals surface area contributed by atoms with Gasteiger partial charge in [0.2, 0.25) is 5.95 Å². The number of nitrogen functional groups attached to an aromatic ring is 1. The average molecular weight is 254 g/mol. The number of hydrogen-bond donors (Lipinski definition) is 1. The van der Waals surface area contributed by atoms with E-state index in [9.17, 15) is 0 Å². The molecule has 0 saturated carbocycles. The summed E-state index contributed by atoms with van der Waals surface area (Å²) in [7, 11) is 1.60. The highest BCUT2D eigenvalue weighted by atomic mass is 79.9. The molecule has 14 heavy (non-hydrogen) atoms. The molecule has 72 valence electrons. The van der Waals surface area contributed by atoms with Gasteiger partial charge in [0.25, 0.3) is 0 Å². The monoisotopic (exact) mass is 253 g/mol. The molecular weight excluding hydrogens is 246 g/mol. The van der Waals surface area contributed by atoms with Crippen molar-refractivity contribution < 1.29 is 4.74 Å². The van der Waals surface area contributed by atoms with Crippen LogP contribution >= 0.6 is 15.9 Å². The van der Waals surface area contributed by atoms with Gasteiger partial charge in [-0.05, 0) is 12.1 Å². The zero-order chi connectivity index (χ0) is 10.1. The predicted octanol–water partition coefficient (Wildman–Crippen LogP) is 1.98. The van der Waals surface area contributed by atoms with Crippen LogP contribution in [0.15, 0.2) is 22.8 Å². The van der Waals surface area contributed by atoms with Gasteiger partial charge in [0, 0.05) is 16.1 Å². The first kappa shape index (κ1) is 9.21. The van der Waals surface area contributed by atoms with Crippen LogP contribution in [0.5, 0.6) is 5.75 Å². The van der Waals surface area contributed by atoms with E-state index in [0.717, 1.165) is 15.4 Å². The van der Waals surface area contributed by atoms with Crippen molar-refractivity contribution in [2.45, 2.75) is 0 Å². The molecule has 1 heterocycles. The molecule has 4 nitrogen and oxygen atoms in total. The molecule has 0 aliphatic rings. The number of methoxy groups -OCH3 is 1. The van der Waals surface area contributed by atoms with Gasteiger partial charge in [0.15, 0.2) is 0 Å². The molecule has 0 aliphatic carbocycles. The third-order valence-electron chi connectivity index (χ3n) is 1.90. The Kier molecular flexibility index (Phi) is 2.25. The average Bonchev–Trinajstić information content (AvgIpc) is 2.18. The van der Waals surface area contributed by atoms with Gasteiger partial charge in [-0.15, -0.1) is 0 Å². The lowest BCUT2D eigenvalue weighted by molar-refractivity contribution is 0.419. The van der Waals surface area contributed by atoms with Crippen molar-refractivity contribution in [2.75, 3.05) is 12.8 Å². The van der Waals surface area contributed by atoms with E-state index in [1.807, 2.05) is 12.1 Å². The van der Waals surface area contributed by atoms with E-state index in [4.69, 9.17) is 10.5 Å². The Labute approximate surface area is 89.2 Å². The second-order valence-electron chi connectivity index (χ2n) is 2.74. The molecular formula is C9H8BrN3O. The Morgan fingerprint density at radius 1 is 1.43 bits per heavy atom. The lowest BCUT2D eigenvalue weighted by atomic mass is 10.2. The topological polar surface area (TPSA) is 61.0 Å². The van der Waals surface area contributed by atoms with Crippen molar-refractivity contribution in [2.24, 2.45) is 0 Å². The Morgan fingerprint density at radius 3 is 2.93 bits per heavy atom. The molecule has 5 heteroatoms. The van der Waals surface area contributed by atoms with E-state index < -0.39 is 0 Å². The summed E-state index contributed by atoms with van der Waals surface area (Å²) in [5.41, 5.74) is 6.22. The van der Waals surface area contributed by atoms with Crippen molar-refractivity contribution in [1.82, 2.24) is 9.97 Å².